The van der Waals surface area contributed by atoms with E-state index in [1.165, 1.54) is 10.7 Å². The maximum atomic E-state index is 12.6. The largest absolute Gasteiger partial charge is 0.340 e. The molecule has 3 rings (SSSR count). The standard InChI is InChI=1S/C17H21N5O2/c1-12-5-6-16(23)22(20-12)11-17(24)21-7-3-4-14(10-21)15-9-18-8-13(2)19-15/h5-6,8-9,14H,3-4,7,10-11H2,1-2H3. The molecule has 2 aromatic heterocycles. The molecule has 0 aromatic carbocycles. The molecule has 1 fully saturated rings. The van der Waals surface area contributed by atoms with Crippen molar-refractivity contribution < 1.29 is 4.79 Å². The summed E-state index contributed by atoms with van der Waals surface area (Å²) in [5, 5.41) is 4.13. The first kappa shape index (κ1) is 16.3. The van der Waals surface area contributed by atoms with Crippen molar-refractivity contribution in [2.75, 3.05) is 13.1 Å². The molecule has 7 heteroatoms. The zero-order chi connectivity index (χ0) is 17.1. The van der Waals surface area contributed by atoms with Crippen molar-refractivity contribution >= 4 is 5.91 Å². The molecule has 0 spiro atoms. The van der Waals surface area contributed by atoms with Gasteiger partial charge in [-0.3, -0.25) is 19.6 Å². The van der Waals surface area contributed by atoms with Crippen LogP contribution in [0.3, 0.4) is 0 Å². The first-order valence-corrected chi connectivity index (χ1v) is 8.14. The summed E-state index contributed by atoms with van der Waals surface area (Å²) in [7, 11) is 0. The maximum absolute atomic E-state index is 12.6. The van der Waals surface area contributed by atoms with E-state index < -0.39 is 0 Å². The van der Waals surface area contributed by atoms with E-state index in [0.29, 0.717) is 18.8 Å². The van der Waals surface area contributed by atoms with E-state index in [1.54, 1.807) is 30.3 Å². The van der Waals surface area contributed by atoms with Crippen LogP contribution in [0.1, 0.15) is 35.8 Å². The lowest BCUT2D eigenvalue weighted by atomic mass is 9.95. The highest BCUT2D eigenvalue weighted by Gasteiger charge is 2.26. The van der Waals surface area contributed by atoms with Gasteiger partial charge in [-0.2, -0.15) is 5.10 Å². The summed E-state index contributed by atoms with van der Waals surface area (Å²) >= 11 is 0. The average molecular weight is 327 g/mol. The van der Waals surface area contributed by atoms with Gasteiger partial charge in [0.2, 0.25) is 5.91 Å². The Morgan fingerprint density at radius 2 is 2.08 bits per heavy atom. The van der Waals surface area contributed by atoms with Crippen LogP contribution in [0.25, 0.3) is 0 Å². The van der Waals surface area contributed by atoms with E-state index in [4.69, 9.17) is 0 Å². The van der Waals surface area contributed by atoms with Crippen LogP contribution in [0.4, 0.5) is 0 Å². The SMILES string of the molecule is Cc1cncc(C2CCCN(C(=O)Cn3nc(C)ccc3=O)C2)n1. The van der Waals surface area contributed by atoms with Crippen LogP contribution in [-0.4, -0.2) is 43.6 Å². The monoisotopic (exact) mass is 327 g/mol. The molecule has 126 valence electrons. The van der Waals surface area contributed by atoms with Crippen LogP contribution in [0, 0.1) is 13.8 Å². The highest BCUT2D eigenvalue weighted by Crippen LogP contribution is 2.25. The van der Waals surface area contributed by atoms with Gasteiger partial charge in [-0.1, -0.05) is 0 Å². The molecular weight excluding hydrogens is 306 g/mol. The molecule has 1 aliphatic rings. The molecule has 0 saturated carbocycles. The van der Waals surface area contributed by atoms with Gasteiger partial charge in [0, 0.05) is 37.5 Å². The van der Waals surface area contributed by atoms with Gasteiger partial charge in [-0.05, 0) is 32.8 Å². The molecular formula is C17H21N5O2. The number of hydrogen-bond donors (Lipinski definition) is 0. The summed E-state index contributed by atoms with van der Waals surface area (Å²) in [5.74, 6) is 0.109. The minimum absolute atomic E-state index is 0.0211. The van der Waals surface area contributed by atoms with Crippen LogP contribution in [0.15, 0.2) is 29.3 Å². The van der Waals surface area contributed by atoms with Crippen molar-refractivity contribution in [2.24, 2.45) is 0 Å². The number of rotatable bonds is 3. The number of aromatic nitrogens is 4. The normalized spacial score (nSPS) is 17.8. The van der Waals surface area contributed by atoms with E-state index >= 15 is 0 Å². The Morgan fingerprint density at radius 1 is 1.25 bits per heavy atom. The molecule has 7 nitrogen and oxygen atoms in total. The number of nitrogens with zero attached hydrogens (tertiary/aromatic N) is 5. The second-order valence-electron chi connectivity index (χ2n) is 6.23. The Kier molecular flexibility index (Phi) is 4.69. The molecule has 3 heterocycles. The van der Waals surface area contributed by atoms with Crippen LogP contribution in [0.2, 0.25) is 0 Å². The minimum atomic E-state index is -0.257. The fourth-order valence-electron chi connectivity index (χ4n) is 3.02. The summed E-state index contributed by atoms with van der Waals surface area (Å²) in [6.45, 7) is 5.01. The van der Waals surface area contributed by atoms with Crippen molar-refractivity contribution in [1.29, 1.82) is 0 Å². The minimum Gasteiger partial charge on any atom is -0.340 e. The van der Waals surface area contributed by atoms with Gasteiger partial charge < -0.3 is 4.90 Å². The average Bonchev–Trinajstić information content (AvgIpc) is 2.58. The predicted octanol–water partition coefficient (Wildman–Crippen LogP) is 1.06. The topological polar surface area (TPSA) is 81.0 Å². The maximum Gasteiger partial charge on any atom is 0.267 e. The van der Waals surface area contributed by atoms with Gasteiger partial charge in [0.1, 0.15) is 6.54 Å². The molecule has 1 amide bonds. The van der Waals surface area contributed by atoms with Gasteiger partial charge in [-0.15, -0.1) is 0 Å². The van der Waals surface area contributed by atoms with Gasteiger partial charge in [0.25, 0.3) is 5.56 Å². The Labute approximate surface area is 140 Å². The van der Waals surface area contributed by atoms with Gasteiger partial charge >= 0.3 is 0 Å². The zero-order valence-electron chi connectivity index (χ0n) is 14.0. The molecule has 24 heavy (non-hydrogen) atoms. The van der Waals surface area contributed by atoms with Crippen molar-refractivity contribution in [3.8, 4) is 0 Å². The quantitative estimate of drug-likeness (QED) is 0.842. The molecule has 0 aliphatic carbocycles. The molecule has 0 N–H and O–H groups in total. The Bertz CT molecular complexity index is 802. The van der Waals surface area contributed by atoms with Crippen LogP contribution in [0.5, 0.6) is 0 Å². The number of carbonyl (C=O) groups excluding carboxylic acids is 1. The molecule has 2 aromatic rings. The first-order valence-electron chi connectivity index (χ1n) is 8.14. The van der Waals surface area contributed by atoms with E-state index in [9.17, 15) is 9.59 Å². The van der Waals surface area contributed by atoms with Gasteiger partial charge in [0.05, 0.1) is 17.1 Å². The van der Waals surface area contributed by atoms with Gasteiger partial charge in [-0.25, -0.2) is 4.68 Å². The molecule has 0 bridgehead atoms. The number of hydrogen-bond acceptors (Lipinski definition) is 5. The summed E-state index contributed by atoms with van der Waals surface area (Å²) < 4.78 is 1.23. The summed E-state index contributed by atoms with van der Waals surface area (Å²) in [5.41, 5.74) is 2.27. The number of piperidine rings is 1. The fraction of sp³-hybridized carbons (Fsp3) is 0.471. The van der Waals surface area contributed by atoms with E-state index in [0.717, 1.165) is 24.2 Å². The second-order valence-corrected chi connectivity index (χ2v) is 6.23. The highest BCUT2D eigenvalue weighted by molar-refractivity contribution is 5.76. The Balaban J connectivity index is 1.71. The van der Waals surface area contributed by atoms with Crippen molar-refractivity contribution in [1.82, 2.24) is 24.6 Å². The van der Waals surface area contributed by atoms with Crippen LogP contribution in [-0.2, 0) is 11.3 Å². The second kappa shape index (κ2) is 6.90. The number of aryl methyl sites for hydroxylation is 2. The third kappa shape index (κ3) is 3.67. The van der Waals surface area contributed by atoms with E-state index in [-0.39, 0.29) is 23.9 Å². The molecule has 1 saturated heterocycles. The van der Waals surface area contributed by atoms with E-state index in [1.807, 2.05) is 6.92 Å². The number of carbonyl (C=O) groups is 1. The highest BCUT2D eigenvalue weighted by atomic mass is 16.2. The third-order valence-electron chi connectivity index (χ3n) is 4.25. The Hall–Kier alpha value is -2.57. The van der Waals surface area contributed by atoms with E-state index in [2.05, 4.69) is 15.1 Å². The lowest BCUT2D eigenvalue weighted by Gasteiger charge is -2.32. The third-order valence-corrected chi connectivity index (χ3v) is 4.25. The summed E-state index contributed by atoms with van der Waals surface area (Å²) in [6, 6.07) is 3.09. The number of likely N-dealkylation sites (tertiary alicyclic amines) is 1. The zero-order valence-corrected chi connectivity index (χ0v) is 14.0. The van der Waals surface area contributed by atoms with Crippen molar-refractivity contribution in [3.05, 3.63) is 52.0 Å². The first-order chi connectivity index (χ1) is 11.5. The lowest BCUT2D eigenvalue weighted by molar-refractivity contribution is -0.133. The molecule has 1 aliphatic heterocycles. The molecule has 1 atom stereocenters. The smallest absolute Gasteiger partial charge is 0.267 e. The molecule has 1 unspecified atom stereocenters. The summed E-state index contributed by atoms with van der Waals surface area (Å²) in [6.07, 6.45) is 5.41. The Morgan fingerprint density at radius 3 is 2.88 bits per heavy atom. The fourth-order valence-corrected chi connectivity index (χ4v) is 3.02. The van der Waals surface area contributed by atoms with Gasteiger partial charge in [0.15, 0.2) is 0 Å². The van der Waals surface area contributed by atoms with Crippen molar-refractivity contribution in [3.63, 3.8) is 0 Å². The van der Waals surface area contributed by atoms with Crippen molar-refractivity contribution in [2.45, 2.75) is 39.2 Å². The van der Waals surface area contributed by atoms with Crippen LogP contribution >= 0.6 is 0 Å². The van der Waals surface area contributed by atoms with Crippen LogP contribution < -0.4 is 5.56 Å². The number of amides is 1. The summed E-state index contributed by atoms with van der Waals surface area (Å²) in [4.78, 5) is 34.9. The predicted molar refractivity (Wildman–Crippen MR) is 88.6 cm³/mol. The molecule has 0 radical (unpaired) electrons. The lowest BCUT2D eigenvalue weighted by Crippen LogP contribution is -2.42.